The lowest BCUT2D eigenvalue weighted by molar-refractivity contribution is -0.129. The number of rotatable bonds is 3. The van der Waals surface area contributed by atoms with Gasteiger partial charge in [0.15, 0.2) is 0 Å². The highest BCUT2D eigenvalue weighted by Crippen LogP contribution is 2.18. The summed E-state index contributed by atoms with van der Waals surface area (Å²) in [6.45, 7) is 5.47. The van der Waals surface area contributed by atoms with Crippen molar-refractivity contribution < 1.29 is 4.79 Å². The number of aryl methyl sites for hydroxylation is 2. The van der Waals surface area contributed by atoms with Crippen molar-refractivity contribution in [3.63, 3.8) is 0 Å². The number of hydrogen-bond acceptors (Lipinski definition) is 4. The van der Waals surface area contributed by atoms with Crippen molar-refractivity contribution in [1.29, 1.82) is 5.26 Å². The molecule has 1 aromatic heterocycles. The van der Waals surface area contributed by atoms with E-state index in [0.717, 1.165) is 11.3 Å². The topological polar surface area (TPSA) is 69.0 Å². The summed E-state index contributed by atoms with van der Waals surface area (Å²) in [5.74, 6) is 0.414. The van der Waals surface area contributed by atoms with Crippen molar-refractivity contribution in [1.82, 2.24) is 9.88 Å². The fraction of sp³-hybridized carbons (Fsp3) is 0.462. The standard InChI is InChI=1S/C13H18N4O/c1-8-6-9(2)15-12(11(8)7-14)16-10(3)13(18)17(4)5/h6,10H,1-5H3,(H,15,16). The molecule has 1 amide bonds. The molecule has 5 nitrogen and oxygen atoms in total. The molecule has 0 aliphatic carbocycles. The Morgan fingerprint density at radius 2 is 2.11 bits per heavy atom. The maximum absolute atomic E-state index is 11.8. The molecule has 0 fully saturated rings. The third kappa shape index (κ3) is 2.98. The molecule has 96 valence electrons. The number of carbonyl (C=O) groups is 1. The zero-order valence-corrected chi connectivity index (χ0v) is 11.4. The van der Waals surface area contributed by atoms with Crippen LogP contribution in [0.15, 0.2) is 6.07 Å². The van der Waals surface area contributed by atoms with Gasteiger partial charge in [-0.1, -0.05) is 0 Å². The first kappa shape index (κ1) is 14.0. The van der Waals surface area contributed by atoms with Crippen LogP contribution in [0, 0.1) is 25.2 Å². The van der Waals surface area contributed by atoms with Crippen molar-refractivity contribution in [2.24, 2.45) is 0 Å². The number of anilines is 1. The zero-order chi connectivity index (χ0) is 13.9. The Bertz CT molecular complexity index is 502. The fourth-order valence-electron chi connectivity index (χ4n) is 1.74. The first-order chi connectivity index (χ1) is 8.36. The number of pyridine rings is 1. The molecule has 1 aromatic rings. The average molecular weight is 246 g/mol. The largest absolute Gasteiger partial charge is 0.358 e. The summed E-state index contributed by atoms with van der Waals surface area (Å²) in [7, 11) is 3.39. The lowest BCUT2D eigenvalue weighted by atomic mass is 10.1. The zero-order valence-electron chi connectivity index (χ0n) is 11.4. The number of nitrogens with one attached hydrogen (secondary N) is 1. The van der Waals surface area contributed by atoms with Crippen molar-refractivity contribution in [2.45, 2.75) is 26.8 Å². The lowest BCUT2D eigenvalue weighted by Crippen LogP contribution is -2.37. The van der Waals surface area contributed by atoms with Gasteiger partial charge in [0.1, 0.15) is 17.9 Å². The number of hydrogen-bond donors (Lipinski definition) is 1. The Morgan fingerprint density at radius 3 is 2.61 bits per heavy atom. The number of likely N-dealkylation sites (N-methyl/N-ethyl adjacent to an activating group) is 1. The van der Waals surface area contributed by atoms with Crippen LogP contribution in [0.4, 0.5) is 5.82 Å². The van der Waals surface area contributed by atoms with E-state index in [1.54, 1.807) is 21.0 Å². The molecule has 0 aliphatic heterocycles. The van der Waals surface area contributed by atoms with Gasteiger partial charge in [0, 0.05) is 19.8 Å². The van der Waals surface area contributed by atoms with Gasteiger partial charge < -0.3 is 10.2 Å². The van der Waals surface area contributed by atoms with Crippen molar-refractivity contribution >= 4 is 11.7 Å². The van der Waals surface area contributed by atoms with Crippen LogP contribution < -0.4 is 5.32 Å². The molecule has 0 spiro atoms. The van der Waals surface area contributed by atoms with E-state index >= 15 is 0 Å². The predicted octanol–water partition coefficient (Wildman–Crippen LogP) is 1.46. The highest BCUT2D eigenvalue weighted by Gasteiger charge is 2.17. The number of nitriles is 1. The van der Waals surface area contributed by atoms with Gasteiger partial charge in [-0.2, -0.15) is 5.26 Å². The van der Waals surface area contributed by atoms with Crippen LogP contribution in [0.5, 0.6) is 0 Å². The number of amides is 1. The van der Waals surface area contributed by atoms with Crippen LogP contribution in [0.1, 0.15) is 23.7 Å². The third-order valence-electron chi connectivity index (χ3n) is 2.62. The summed E-state index contributed by atoms with van der Waals surface area (Å²) in [4.78, 5) is 17.6. The summed E-state index contributed by atoms with van der Waals surface area (Å²) >= 11 is 0. The van der Waals surface area contributed by atoms with E-state index in [2.05, 4.69) is 16.4 Å². The van der Waals surface area contributed by atoms with Crippen molar-refractivity contribution in [2.75, 3.05) is 19.4 Å². The van der Waals surface area contributed by atoms with Gasteiger partial charge >= 0.3 is 0 Å². The Hall–Kier alpha value is -2.09. The molecule has 1 unspecified atom stereocenters. The van der Waals surface area contributed by atoms with Crippen LogP contribution in [0.3, 0.4) is 0 Å². The molecular weight excluding hydrogens is 228 g/mol. The van der Waals surface area contributed by atoms with E-state index in [4.69, 9.17) is 5.26 Å². The predicted molar refractivity (Wildman–Crippen MR) is 70.2 cm³/mol. The second-order valence-corrected chi connectivity index (χ2v) is 4.51. The smallest absolute Gasteiger partial charge is 0.244 e. The molecule has 1 N–H and O–H groups in total. The van der Waals surface area contributed by atoms with Gasteiger partial charge in [-0.15, -0.1) is 0 Å². The molecule has 5 heteroatoms. The number of carbonyl (C=O) groups excluding carboxylic acids is 1. The molecule has 0 aromatic carbocycles. The highest BCUT2D eigenvalue weighted by atomic mass is 16.2. The van der Waals surface area contributed by atoms with Gasteiger partial charge in [-0.3, -0.25) is 4.79 Å². The van der Waals surface area contributed by atoms with E-state index in [0.29, 0.717) is 11.4 Å². The van der Waals surface area contributed by atoms with Crippen LogP contribution in [0.2, 0.25) is 0 Å². The summed E-state index contributed by atoms with van der Waals surface area (Å²) < 4.78 is 0. The Labute approximate surface area is 107 Å². The SMILES string of the molecule is Cc1cc(C)c(C#N)c(NC(C)C(=O)N(C)C)n1. The normalized spacial score (nSPS) is 11.6. The van der Waals surface area contributed by atoms with Crippen LogP contribution in [-0.4, -0.2) is 35.9 Å². The molecule has 0 bridgehead atoms. The summed E-state index contributed by atoms with van der Waals surface area (Å²) in [6, 6.07) is 3.55. The summed E-state index contributed by atoms with van der Waals surface area (Å²) in [5.41, 5.74) is 2.16. The molecule has 1 rings (SSSR count). The van der Waals surface area contributed by atoms with Crippen LogP contribution >= 0.6 is 0 Å². The second kappa shape index (κ2) is 5.50. The average Bonchev–Trinajstić information content (AvgIpc) is 2.27. The first-order valence-electron chi connectivity index (χ1n) is 5.73. The van der Waals surface area contributed by atoms with Gasteiger partial charge in [0.05, 0.1) is 5.56 Å². The molecular formula is C13H18N4O. The monoisotopic (exact) mass is 246 g/mol. The Kier molecular flexibility index (Phi) is 4.27. The van der Waals surface area contributed by atoms with E-state index in [-0.39, 0.29) is 5.91 Å². The van der Waals surface area contributed by atoms with E-state index < -0.39 is 6.04 Å². The van der Waals surface area contributed by atoms with Crippen molar-refractivity contribution in [3.05, 3.63) is 22.9 Å². The minimum Gasteiger partial charge on any atom is -0.358 e. The van der Waals surface area contributed by atoms with Crippen molar-refractivity contribution in [3.8, 4) is 6.07 Å². The van der Waals surface area contributed by atoms with Crippen LogP contribution in [-0.2, 0) is 4.79 Å². The maximum Gasteiger partial charge on any atom is 0.244 e. The van der Waals surface area contributed by atoms with Crippen LogP contribution in [0.25, 0.3) is 0 Å². The van der Waals surface area contributed by atoms with Gasteiger partial charge in [0.25, 0.3) is 0 Å². The Balaban J connectivity index is 3.05. The fourth-order valence-corrected chi connectivity index (χ4v) is 1.74. The lowest BCUT2D eigenvalue weighted by Gasteiger charge is -2.19. The number of aromatic nitrogens is 1. The molecule has 0 radical (unpaired) electrons. The van der Waals surface area contributed by atoms with Gasteiger partial charge in [0.2, 0.25) is 5.91 Å². The summed E-state index contributed by atoms with van der Waals surface area (Å²) in [6.07, 6.45) is 0. The second-order valence-electron chi connectivity index (χ2n) is 4.51. The van der Waals surface area contributed by atoms with Gasteiger partial charge in [-0.25, -0.2) is 4.98 Å². The van der Waals surface area contributed by atoms with E-state index in [9.17, 15) is 4.79 Å². The first-order valence-corrected chi connectivity index (χ1v) is 5.73. The minimum atomic E-state index is -0.416. The minimum absolute atomic E-state index is 0.0557. The van der Waals surface area contributed by atoms with Gasteiger partial charge in [-0.05, 0) is 32.4 Å². The molecule has 0 saturated carbocycles. The molecule has 0 saturated heterocycles. The van der Waals surface area contributed by atoms with E-state index in [1.165, 1.54) is 4.90 Å². The molecule has 1 atom stereocenters. The molecule has 1 heterocycles. The third-order valence-corrected chi connectivity index (χ3v) is 2.62. The quantitative estimate of drug-likeness (QED) is 0.876. The Morgan fingerprint density at radius 1 is 1.50 bits per heavy atom. The number of nitrogens with zero attached hydrogens (tertiary/aromatic N) is 3. The highest BCUT2D eigenvalue weighted by molar-refractivity contribution is 5.84. The maximum atomic E-state index is 11.8. The van der Waals surface area contributed by atoms with E-state index in [1.807, 2.05) is 19.9 Å². The molecule has 0 aliphatic rings. The molecule has 18 heavy (non-hydrogen) atoms. The summed E-state index contributed by atoms with van der Waals surface area (Å²) in [5, 5.41) is 12.1.